The van der Waals surface area contributed by atoms with E-state index in [0.717, 1.165) is 4.90 Å². The molecule has 14 heteroatoms. The van der Waals surface area contributed by atoms with Crippen molar-refractivity contribution >= 4 is 29.7 Å². The largest absolute Gasteiger partial charge is 0.491 e. The fraction of sp³-hybridized carbons (Fsp3) is 0.577. The molecule has 0 aliphatic carbocycles. The number of nitrogens with one attached hydrogen (secondary N) is 1. The molecule has 0 spiro atoms. The first kappa shape index (κ1) is 29.4. The molecular weight excluding hydrogens is 530 g/mol. The number of nitrogens with zero attached hydrogens (tertiary/aromatic N) is 2. The molecule has 1 aromatic rings. The Kier molecular flexibility index (Phi) is 10.4. The van der Waals surface area contributed by atoms with Crippen LogP contribution in [0.5, 0.6) is 5.75 Å². The highest BCUT2D eigenvalue weighted by atomic mass is 16.6. The number of carboxylic acid groups (broad SMARTS) is 1. The van der Waals surface area contributed by atoms with Gasteiger partial charge in [0.2, 0.25) is 11.8 Å². The van der Waals surface area contributed by atoms with Gasteiger partial charge in [0.05, 0.1) is 63.4 Å². The molecule has 2 N–H and O–H groups in total. The van der Waals surface area contributed by atoms with Crippen LogP contribution in [0, 0.1) is 0 Å². The van der Waals surface area contributed by atoms with Gasteiger partial charge in [-0.3, -0.25) is 29.4 Å². The molecule has 3 heterocycles. The van der Waals surface area contributed by atoms with Gasteiger partial charge in [0.1, 0.15) is 18.4 Å². The summed E-state index contributed by atoms with van der Waals surface area (Å²) < 4.78 is 27.6. The Hall–Kier alpha value is -3.59. The Bertz CT molecular complexity index is 1110. The molecule has 3 aliphatic rings. The first-order valence-electron chi connectivity index (χ1n) is 13.2. The third-order valence-electron chi connectivity index (χ3n) is 6.65. The topological polar surface area (TPSA) is 170 Å². The van der Waals surface area contributed by atoms with Gasteiger partial charge in [-0.25, -0.2) is 4.79 Å². The van der Waals surface area contributed by atoms with Crippen LogP contribution in [0.25, 0.3) is 0 Å². The van der Waals surface area contributed by atoms with Crippen molar-refractivity contribution < 1.29 is 52.8 Å². The molecule has 1 aromatic carbocycles. The van der Waals surface area contributed by atoms with Crippen LogP contribution in [-0.2, 0) is 28.5 Å². The van der Waals surface area contributed by atoms with Crippen molar-refractivity contribution in [3.8, 4) is 5.75 Å². The normalized spacial score (nSPS) is 21.0. The molecule has 218 valence electrons. The van der Waals surface area contributed by atoms with Gasteiger partial charge < -0.3 is 33.7 Å². The van der Waals surface area contributed by atoms with E-state index in [1.807, 2.05) is 0 Å². The lowest BCUT2D eigenvalue weighted by Crippen LogP contribution is -2.54. The van der Waals surface area contributed by atoms with Crippen LogP contribution in [0.15, 0.2) is 18.2 Å². The molecule has 2 unspecified atom stereocenters. The van der Waals surface area contributed by atoms with Crippen molar-refractivity contribution in [3.05, 3.63) is 29.3 Å². The molecule has 2 atom stereocenters. The van der Waals surface area contributed by atoms with Gasteiger partial charge in [0.25, 0.3) is 11.8 Å². The van der Waals surface area contributed by atoms with E-state index < -0.39 is 35.8 Å². The van der Waals surface area contributed by atoms with Crippen LogP contribution in [0.1, 0.15) is 40.0 Å². The monoisotopic (exact) mass is 563 g/mol. The predicted molar refractivity (Wildman–Crippen MR) is 135 cm³/mol. The van der Waals surface area contributed by atoms with E-state index in [1.54, 1.807) is 6.07 Å². The van der Waals surface area contributed by atoms with Gasteiger partial charge in [0.15, 0.2) is 0 Å². The molecule has 0 aromatic heterocycles. The number of amides is 5. The number of morpholine rings is 1. The number of carbonyl (C=O) groups excluding carboxylic acids is 4. The van der Waals surface area contributed by atoms with Crippen LogP contribution in [0.4, 0.5) is 4.79 Å². The SMILES string of the molecule is O=C1CCC(N2C(=O)c3ccc(OCCOCCOCCOCCC4CN(C(=O)O)CCO4)cc3C2=O)C(=O)N1. The predicted octanol–water partition coefficient (Wildman–Crippen LogP) is 0.285. The molecule has 0 saturated carbocycles. The number of benzene rings is 1. The Balaban J connectivity index is 1.05. The van der Waals surface area contributed by atoms with Crippen molar-refractivity contribution in [2.24, 2.45) is 0 Å². The smallest absolute Gasteiger partial charge is 0.407 e. The molecule has 0 radical (unpaired) electrons. The second kappa shape index (κ2) is 14.2. The van der Waals surface area contributed by atoms with Crippen LogP contribution >= 0.6 is 0 Å². The highest BCUT2D eigenvalue weighted by molar-refractivity contribution is 6.23. The average Bonchev–Trinajstić information content (AvgIpc) is 3.18. The Morgan fingerprint density at radius 2 is 1.62 bits per heavy atom. The summed E-state index contributed by atoms with van der Waals surface area (Å²) in [4.78, 5) is 62.4. The maximum Gasteiger partial charge on any atom is 0.407 e. The first-order valence-corrected chi connectivity index (χ1v) is 13.2. The number of ether oxygens (including phenoxy) is 5. The lowest BCUT2D eigenvalue weighted by molar-refractivity contribution is -0.136. The molecule has 3 aliphatic heterocycles. The summed E-state index contributed by atoms with van der Waals surface area (Å²) in [6.07, 6.45) is -0.329. The zero-order valence-corrected chi connectivity index (χ0v) is 22.0. The van der Waals surface area contributed by atoms with Crippen molar-refractivity contribution in [1.82, 2.24) is 15.1 Å². The number of hydrogen-bond acceptors (Lipinski definition) is 10. The van der Waals surface area contributed by atoms with E-state index in [-0.39, 0.29) is 43.3 Å². The minimum Gasteiger partial charge on any atom is -0.491 e. The molecule has 2 saturated heterocycles. The molecular formula is C26H33N3O11. The van der Waals surface area contributed by atoms with E-state index >= 15 is 0 Å². The Labute approximate surface area is 230 Å². The van der Waals surface area contributed by atoms with Gasteiger partial charge in [-0.2, -0.15) is 0 Å². The van der Waals surface area contributed by atoms with Gasteiger partial charge in [-0.15, -0.1) is 0 Å². The molecule has 2 fully saturated rings. The summed E-state index contributed by atoms with van der Waals surface area (Å²) in [7, 11) is 0. The molecule has 5 amide bonds. The highest BCUT2D eigenvalue weighted by Crippen LogP contribution is 2.30. The van der Waals surface area contributed by atoms with E-state index in [4.69, 9.17) is 28.8 Å². The third-order valence-corrected chi connectivity index (χ3v) is 6.65. The lowest BCUT2D eigenvalue weighted by atomic mass is 10.0. The van der Waals surface area contributed by atoms with Crippen LogP contribution in [-0.4, -0.2) is 123 Å². The Morgan fingerprint density at radius 1 is 0.950 bits per heavy atom. The maximum absolute atomic E-state index is 12.9. The van der Waals surface area contributed by atoms with Crippen LogP contribution < -0.4 is 10.1 Å². The van der Waals surface area contributed by atoms with Gasteiger partial charge in [0, 0.05) is 19.6 Å². The fourth-order valence-corrected chi connectivity index (χ4v) is 4.58. The average molecular weight is 564 g/mol. The second-order valence-corrected chi connectivity index (χ2v) is 9.35. The number of rotatable bonds is 14. The van der Waals surface area contributed by atoms with E-state index in [2.05, 4.69) is 5.32 Å². The summed E-state index contributed by atoms with van der Waals surface area (Å²) in [5.74, 6) is -1.86. The summed E-state index contributed by atoms with van der Waals surface area (Å²) in [5, 5.41) is 11.2. The summed E-state index contributed by atoms with van der Waals surface area (Å²) in [6.45, 7) is 3.59. The van der Waals surface area contributed by atoms with E-state index in [0.29, 0.717) is 64.9 Å². The van der Waals surface area contributed by atoms with Crippen molar-refractivity contribution in [2.45, 2.75) is 31.4 Å². The second-order valence-electron chi connectivity index (χ2n) is 9.35. The fourth-order valence-electron chi connectivity index (χ4n) is 4.58. The Morgan fingerprint density at radius 3 is 2.33 bits per heavy atom. The molecule has 14 nitrogen and oxygen atoms in total. The number of carbonyl (C=O) groups is 5. The zero-order chi connectivity index (χ0) is 28.5. The first-order chi connectivity index (χ1) is 19.3. The third kappa shape index (κ3) is 7.53. The minimum atomic E-state index is -1.01. The van der Waals surface area contributed by atoms with E-state index in [9.17, 15) is 24.0 Å². The van der Waals surface area contributed by atoms with E-state index in [1.165, 1.54) is 17.0 Å². The highest BCUT2D eigenvalue weighted by Gasteiger charge is 2.44. The van der Waals surface area contributed by atoms with Gasteiger partial charge in [-0.1, -0.05) is 0 Å². The minimum absolute atomic E-state index is 0.0594. The number of piperidine rings is 1. The van der Waals surface area contributed by atoms with Crippen LogP contribution in [0.3, 0.4) is 0 Å². The van der Waals surface area contributed by atoms with Crippen molar-refractivity contribution in [2.75, 3.05) is 65.9 Å². The molecule has 0 bridgehead atoms. The summed E-state index contributed by atoms with van der Waals surface area (Å²) in [5.41, 5.74) is 0.337. The zero-order valence-electron chi connectivity index (χ0n) is 22.0. The quantitative estimate of drug-likeness (QED) is 0.235. The van der Waals surface area contributed by atoms with Crippen LogP contribution in [0.2, 0.25) is 0 Å². The molecule has 40 heavy (non-hydrogen) atoms. The number of fused-ring (bicyclic) bond motifs is 1. The number of imide groups is 2. The van der Waals surface area contributed by atoms with Gasteiger partial charge in [-0.05, 0) is 31.0 Å². The summed E-state index contributed by atoms with van der Waals surface area (Å²) in [6, 6.07) is 3.51. The van der Waals surface area contributed by atoms with Crippen molar-refractivity contribution in [3.63, 3.8) is 0 Å². The maximum atomic E-state index is 12.9. The lowest BCUT2D eigenvalue weighted by Gasteiger charge is -2.30. The molecule has 4 rings (SSSR count). The standard InChI is InChI=1S/C26H33N3O11/c30-22-4-3-21(23(31)27-22)29-24(32)19-2-1-17(15-20(19)25(29)33)40-14-13-38-12-11-37-10-9-36-7-5-18-16-28(26(34)35)6-8-39-18/h1-2,15,18,21H,3-14,16H2,(H,34,35)(H,27,30,31). The van der Waals surface area contributed by atoms with Gasteiger partial charge >= 0.3 is 6.09 Å². The summed E-state index contributed by atoms with van der Waals surface area (Å²) >= 11 is 0. The number of hydrogen-bond donors (Lipinski definition) is 2. The van der Waals surface area contributed by atoms with Crippen molar-refractivity contribution in [1.29, 1.82) is 0 Å².